The van der Waals surface area contributed by atoms with Gasteiger partial charge < -0.3 is 5.32 Å². The summed E-state index contributed by atoms with van der Waals surface area (Å²) in [5, 5.41) is 3.42. The highest BCUT2D eigenvalue weighted by molar-refractivity contribution is 5.19. The number of rotatable bonds is 3. The number of benzene rings is 1. The van der Waals surface area contributed by atoms with Gasteiger partial charge in [0.25, 0.3) is 0 Å². The van der Waals surface area contributed by atoms with Crippen molar-refractivity contribution in [2.45, 2.75) is 19.0 Å². The molecule has 0 amide bonds. The molecule has 2 aliphatic rings. The number of hydrogen-bond acceptors (Lipinski definition) is 3. The van der Waals surface area contributed by atoms with E-state index in [1.165, 1.54) is 31.7 Å². The fourth-order valence-corrected chi connectivity index (χ4v) is 3.02. The van der Waals surface area contributed by atoms with Crippen LogP contribution in [0.5, 0.6) is 0 Å². The third kappa shape index (κ3) is 2.44. The van der Waals surface area contributed by atoms with Crippen LogP contribution in [0.1, 0.15) is 18.5 Å². The first-order valence-corrected chi connectivity index (χ1v) is 7.08. The van der Waals surface area contributed by atoms with Gasteiger partial charge >= 0.3 is 0 Å². The second-order valence-corrected chi connectivity index (χ2v) is 5.48. The lowest BCUT2D eigenvalue weighted by atomic mass is 9.99. The largest absolute Gasteiger partial charge is 0.314 e. The lowest BCUT2D eigenvalue weighted by Gasteiger charge is -2.49. The van der Waals surface area contributed by atoms with E-state index in [0.717, 1.165) is 19.1 Å². The van der Waals surface area contributed by atoms with Crippen molar-refractivity contribution in [2.75, 3.05) is 39.3 Å². The Bertz CT molecular complexity index is 367. The number of nitrogens with zero attached hydrogens (tertiary/aromatic N) is 2. The highest BCUT2D eigenvalue weighted by Crippen LogP contribution is 2.27. The van der Waals surface area contributed by atoms with Gasteiger partial charge in [0.15, 0.2) is 0 Å². The second-order valence-electron chi connectivity index (χ2n) is 5.48. The van der Waals surface area contributed by atoms with Gasteiger partial charge in [0.1, 0.15) is 0 Å². The van der Waals surface area contributed by atoms with Crippen LogP contribution in [0.15, 0.2) is 30.3 Å². The molecule has 3 rings (SSSR count). The van der Waals surface area contributed by atoms with E-state index in [4.69, 9.17) is 0 Å². The van der Waals surface area contributed by atoms with E-state index in [0.29, 0.717) is 6.04 Å². The zero-order valence-electron chi connectivity index (χ0n) is 11.2. The molecule has 0 aliphatic carbocycles. The fraction of sp³-hybridized carbons (Fsp3) is 0.600. The summed E-state index contributed by atoms with van der Waals surface area (Å²) < 4.78 is 0. The second kappa shape index (κ2) is 5.39. The smallest absolute Gasteiger partial charge is 0.0351 e. The van der Waals surface area contributed by atoms with Gasteiger partial charge in [-0.3, -0.25) is 9.80 Å². The highest BCUT2D eigenvalue weighted by Gasteiger charge is 2.34. The van der Waals surface area contributed by atoms with E-state index in [9.17, 15) is 0 Å². The van der Waals surface area contributed by atoms with E-state index in [1.807, 2.05) is 0 Å². The zero-order valence-corrected chi connectivity index (χ0v) is 11.2. The summed E-state index contributed by atoms with van der Waals surface area (Å²) in [7, 11) is 0. The maximum atomic E-state index is 3.42. The summed E-state index contributed by atoms with van der Waals surface area (Å²) in [5.74, 6) is 0. The number of piperazine rings is 1. The minimum absolute atomic E-state index is 0.561. The molecule has 1 atom stereocenters. The third-order valence-corrected chi connectivity index (χ3v) is 4.39. The Balaban J connectivity index is 1.52. The summed E-state index contributed by atoms with van der Waals surface area (Å²) in [5.41, 5.74) is 1.44. The summed E-state index contributed by atoms with van der Waals surface area (Å²) in [4.78, 5) is 5.23. The van der Waals surface area contributed by atoms with Gasteiger partial charge in [-0.05, 0) is 12.5 Å². The topological polar surface area (TPSA) is 18.5 Å². The molecule has 2 aliphatic heterocycles. The SMILES string of the molecule is CC(c1ccccc1)N1CC(N2CCNCC2)C1. The van der Waals surface area contributed by atoms with Crippen LogP contribution in [0.25, 0.3) is 0 Å². The average molecular weight is 245 g/mol. The van der Waals surface area contributed by atoms with Crippen molar-refractivity contribution in [3.05, 3.63) is 35.9 Å². The number of likely N-dealkylation sites (tertiary alicyclic amines) is 1. The first kappa shape index (κ1) is 12.2. The molecule has 3 heteroatoms. The van der Waals surface area contributed by atoms with Crippen LogP contribution in [-0.4, -0.2) is 55.1 Å². The van der Waals surface area contributed by atoms with Gasteiger partial charge in [-0.2, -0.15) is 0 Å². The molecule has 98 valence electrons. The van der Waals surface area contributed by atoms with Gasteiger partial charge in [0, 0.05) is 51.4 Å². The first-order valence-electron chi connectivity index (χ1n) is 7.08. The zero-order chi connectivity index (χ0) is 12.4. The summed E-state index contributed by atoms with van der Waals surface area (Å²) >= 11 is 0. The van der Waals surface area contributed by atoms with Crippen LogP contribution >= 0.6 is 0 Å². The molecular weight excluding hydrogens is 222 g/mol. The Morgan fingerprint density at radius 2 is 1.78 bits per heavy atom. The maximum absolute atomic E-state index is 3.42. The lowest BCUT2D eigenvalue weighted by Crippen LogP contribution is -2.62. The predicted molar refractivity (Wildman–Crippen MR) is 74.7 cm³/mol. The Morgan fingerprint density at radius 3 is 2.44 bits per heavy atom. The number of nitrogens with one attached hydrogen (secondary N) is 1. The standard InChI is InChI=1S/C15H23N3/c1-13(14-5-3-2-4-6-14)18-11-15(12-18)17-9-7-16-8-10-17/h2-6,13,15-16H,7-12H2,1H3. The van der Waals surface area contributed by atoms with E-state index in [-0.39, 0.29) is 0 Å². The molecule has 2 fully saturated rings. The molecule has 0 spiro atoms. The molecule has 0 saturated carbocycles. The Kier molecular flexibility index (Phi) is 3.64. The Morgan fingerprint density at radius 1 is 1.11 bits per heavy atom. The van der Waals surface area contributed by atoms with Crippen molar-refractivity contribution in [1.82, 2.24) is 15.1 Å². The molecule has 1 aromatic carbocycles. The van der Waals surface area contributed by atoms with Crippen LogP contribution in [0.3, 0.4) is 0 Å². The Hall–Kier alpha value is -0.900. The third-order valence-electron chi connectivity index (χ3n) is 4.39. The van der Waals surface area contributed by atoms with Gasteiger partial charge in [0.05, 0.1) is 0 Å². The van der Waals surface area contributed by atoms with Crippen molar-refractivity contribution in [1.29, 1.82) is 0 Å². The van der Waals surface area contributed by atoms with Gasteiger partial charge in [-0.15, -0.1) is 0 Å². The van der Waals surface area contributed by atoms with Crippen LogP contribution in [0, 0.1) is 0 Å². The van der Waals surface area contributed by atoms with Crippen LogP contribution in [0.2, 0.25) is 0 Å². The fourth-order valence-electron chi connectivity index (χ4n) is 3.02. The van der Waals surface area contributed by atoms with Crippen LogP contribution in [0.4, 0.5) is 0 Å². The minimum atomic E-state index is 0.561. The molecular formula is C15H23N3. The maximum Gasteiger partial charge on any atom is 0.0351 e. The van der Waals surface area contributed by atoms with E-state index in [1.54, 1.807) is 0 Å². The van der Waals surface area contributed by atoms with Crippen LogP contribution in [-0.2, 0) is 0 Å². The molecule has 2 saturated heterocycles. The number of hydrogen-bond donors (Lipinski definition) is 1. The van der Waals surface area contributed by atoms with Crippen molar-refractivity contribution in [2.24, 2.45) is 0 Å². The monoisotopic (exact) mass is 245 g/mol. The molecule has 1 aromatic rings. The normalized spacial score (nSPS) is 24.7. The molecule has 1 N–H and O–H groups in total. The molecule has 0 aromatic heterocycles. The quantitative estimate of drug-likeness (QED) is 0.867. The summed E-state index contributed by atoms with van der Waals surface area (Å²) in [6.07, 6.45) is 0. The van der Waals surface area contributed by atoms with Crippen molar-refractivity contribution < 1.29 is 0 Å². The summed E-state index contributed by atoms with van der Waals surface area (Å²) in [6.45, 7) is 9.54. The molecule has 1 unspecified atom stereocenters. The van der Waals surface area contributed by atoms with Crippen molar-refractivity contribution in [3.63, 3.8) is 0 Å². The van der Waals surface area contributed by atoms with E-state index < -0.39 is 0 Å². The average Bonchev–Trinajstić information content (AvgIpc) is 2.39. The first-order chi connectivity index (χ1) is 8.84. The van der Waals surface area contributed by atoms with Gasteiger partial charge in [0.2, 0.25) is 0 Å². The van der Waals surface area contributed by atoms with Crippen molar-refractivity contribution >= 4 is 0 Å². The van der Waals surface area contributed by atoms with Gasteiger partial charge in [-0.25, -0.2) is 0 Å². The minimum Gasteiger partial charge on any atom is -0.314 e. The Labute approximate surface area is 110 Å². The van der Waals surface area contributed by atoms with E-state index in [2.05, 4.69) is 52.4 Å². The van der Waals surface area contributed by atoms with Gasteiger partial charge in [-0.1, -0.05) is 30.3 Å². The lowest BCUT2D eigenvalue weighted by molar-refractivity contribution is 0.00348. The predicted octanol–water partition coefficient (Wildman–Crippen LogP) is 1.34. The molecule has 0 radical (unpaired) electrons. The molecule has 18 heavy (non-hydrogen) atoms. The molecule has 0 bridgehead atoms. The van der Waals surface area contributed by atoms with E-state index >= 15 is 0 Å². The molecule has 3 nitrogen and oxygen atoms in total. The summed E-state index contributed by atoms with van der Waals surface area (Å²) in [6, 6.07) is 12.2. The van der Waals surface area contributed by atoms with Crippen LogP contribution < -0.4 is 5.32 Å². The van der Waals surface area contributed by atoms with Crippen molar-refractivity contribution in [3.8, 4) is 0 Å². The molecule has 2 heterocycles. The highest BCUT2D eigenvalue weighted by atomic mass is 15.3.